The third-order valence-electron chi connectivity index (χ3n) is 2.10. The Bertz CT molecular complexity index is 192. The molecule has 14 heavy (non-hydrogen) atoms. The summed E-state index contributed by atoms with van der Waals surface area (Å²) >= 11 is 0. The molecule has 0 bridgehead atoms. The van der Waals surface area contributed by atoms with Crippen LogP contribution < -0.4 is 0 Å². The molecule has 0 aromatic carbocycles. The van der Waals surface area contributed by atoms with Crippen molar-refractivity contribution >= 4 is 0 Å². The van der Waals surface area contributed by atoms with Crippen molar-refractivity contribution in [1.29, 1.82) is 10.5 Å². The number of nitriles is 2. The lowest BCUT2D eigenvalue weighted by Crippen LogP contribution is -2.27. The zero-order valence-electron chi connectivity index (χ0n) is 9.16. The van der Waals surface area contributed by atoms with Crippen LogP contribution in [-0.4, -0.2) is 24.5 Å². The molecule has 0 unspecified atom stereocenters. The second-order valence-corrected chi connectivity index (χ2v) is 3.84. The van der Waals surface area contributed by atoms with Crippen LogP contribution >= 0.6 is 0 Å². The minimum absolute atomic E-state index is 0.559. The molecule has 0 N–H and O–H groups in total. The van der Waals surface area contributed by atoms with Crippen LogP contribution in [0.25, 0.3) is 0 Å². The lowest BCUT2D eigenvalue weighted by molar-refractivity contribution is 0.268. The average Bonchev–Trinajstić information content (AvgIpc) is 2.16. The van der Waals surface area contributed by atoms with E-state index in [4.69, 9.17) is 10.5 Å². The number of nitrogens with zero attached hydrogens (tertiary/aromatic N) is 3. The summed E-state index contributed by atoms with van der Waals surface area (Å²) in [7, 11) is 0. The molecule has 0 aromatic rings. The largest absolute Gasteiger partial charge is 0.301 e. The van der Waals surface area contributed by atoms with Crippen molar-refractivity contribution in [2.45, 2.75) is 33.1 Å². The first-order valence-electron chi connectivity index (χ1n) is 5.17. The van der Waals surface area contributed by atoms with Gasteiger partial charge in [0.1, 0.15) is 0 Å². The Morgan fingerprint density at radius 2 is 1.50 bits per heavy atom. The van der Waals surface area contributed by atoms with Gasteiger partial charge in [-0.2, -0.15) is 10.5 Å². The quantitative estimate of drug-likeness (QED) is 0.622. The highest BCUT2D eigenvalue weighted by Gasteiger charge is 2.04. The molecular formula is C11H19N3. The molecule has 0 fully saturated rings. The van der Waals surface area contributed by atoms with Gasteiger partial charge in [-0.1, -0.05) is 13.8 Å². The van der Waals surface area contributed by atoms with E-state index in [-0.39, 0.29) is 0 Å². The Hall–Kier alpha value is -1.06. The summed E-state index contributed by atoms with van der Waals surface area (Å²) in [5.41, 5.74) is 0. The summed E-state index contributed by atoms with van der Waals surface area (Å²) < 4.78 is 0. The van der Waals surface area contributed by atoms with Crippen LogP contribution in [0.1, 0.15) is 33.1 Å². The monoisotopic (exact) mass is 193 g/mol. The van der Waals surface area contributed by atoms with Gasteiger partial charge in [0.2, 0.25) is 0 Å². The minimum Gasteiger partial charge on any atom is -0.301 e. The molecule has 0 amide bonds. The summed E-state index contributed by atoms with van der Waals surface area (Å²) in [6, 6.07) is 4.28. The first-order valence-corrected chi connectivity index (χ1v) is 5.17. The van der Waals surface area contributed by atoms with Gasteiger partial charge in [0.25, 0.3) is 0 Å². The summed E-state index contributed by atoms with van der Waals surface area (Å²) in [5.74, 6) is 0.682. The van der Waals surface area contributed by atoms with Gasteiger partial charge in [-0.15, -0.1) is 0 Å². The Morgan fingerprint density at radius 1 is 1.00 bits per heavy atom. The Morgan fingerprint density at radius 3 is 1.86 bits per heavy atom. The van der Waals surface area contributed by atoms with E-state index in [1.807, 2.05) is 0 Å². The van der Waals surface area contributed by atoms with Crippen molar-refractivity contribution in [3.63, 3.8) is 0 Å². The molecule has 0 atom stereocenters. The highest BCUT2D eigenvalue weighted by molar-refractivity contribution is 4.76. The number of hydrogen-bond donors (Lipinski definition) is 0. The molecule has 0 radical (unpaired) electrons. The Labute approximate surface area is 86.9 Å². The second-order valence-electron chi connectivity index (χ2n) is 3.84. The predicted molar refractivity (Wildman–Crippen MR) is 56.4 cm³/mol. The molecule has 0 saturated carbocycles. The molecule has 3 nitrogen and oxygen atoms in total. The van der Waals surface area contributed by atoms with Crippen LogP contribution in [-0.2, 0) is 0 Å². The first kappa shape index (κ1) is 12.9. The van der Waals surface area contributed by atoms with E-state index in [9.17, 15) is 0 Å². The maximum absolute atomic E-state index is 8.48. The van der Waals surface area contributed by atoms with Crippen molar-refractivity contribution < 1.29 is 0 Å². The van der Waals surface area contributed by atoms with E-state index >= 15 is 0 Å². The van der Waals surface area contributed by atoms with Gasteiger partial charge in [0.05, 0.1) is 12.1 Å². The highest BCUT2D eigenvalue weighted by Crippen LogP contribution is 2.03. The normalized spacial score (nSPS) is 10.1. The van der Waals surface area contributed by atoms with E-state index < -0.39 is 0 Å². The fourth-order valence-electron chi connectivity index (χ4n) is 1.19. The van der Waals surface area contributed by atoms with Crippen molar-refractivity contribution in [1.82, 2.24) is 4.90 Å². The Balaban J connectivity index is 3.74. The average molecular weight is 193 g/mol. The lowest BCUT2D eigenvalue weighted by Gasteiger charge is -2.20. The van der Waals surface area contributed by atoms with Crippen LogP contribution in [0.15, 0.2) is 0 Å². The topological polar surface area (TPSA) is 50.8 Å². The fourth-order valence-corrected chi connectivity index (χ4v) is 1.19. The minimum atomic E-state index is 0.559. The summed E-state index contributed by atoms with van der Waals surface area (Å²) in [6.07, 6.45) is 2.25. The summed E-state index contributed by atoms with van der Waals surface area (Å²) in [6.45, 7) is 6.97. The smallest absolute Gasteiger partial charge is 0.0635 e. The van der Waals surface area contributed by atoms with Gasteiger partial charge in [-0.05, 0) is 18.9 Å². The third-order valence-corrected chi connectivity index (χ3v) is 2.10. The van der Waals surface area contributed by atoms with Crippen LogP contribution in [0, 0.1) is 28.6 Å². The molecule has 0 aliphatic heterocycles. The molecule has 0 aliphatic carbocycles. The highest BCUT2D eigenvalue weighted by atomic mass is 15.1. The molecule has 0 aromatic heterocycles. The SMILES string of the molecule is CC(C)CCN(CCC#N)CCC#N. The maximum atomic E-state index is 8.48. The summed E-state index contributed by atoms with van der Waals surface area (Å²) in [4.78, 5) is 2.20. The molecule has 3 heteroatoms. The molecule has 0 saturated heterocycles. The number of hydrogen-bond acceptors (Lipinski definition) is 3. The van der Waals surface area contributed by atoms with E-state index in [1.54, 1.807) is 0 Å². The molecular weight excluding hydrogens is 174 g/mol. The van der Waals surface area contributed by atoms with Crippen LogP contribution in [0.2, 0.25) is 0 Å². The van der Waals surface area contributed by atoms with Crippen molar-refractivity contribution in [2.24, 2.45) is 5.92 Å². The zero-order valence-corrected chi connectivity index (χ0v) is 9.16. The third kappa shape index (κ3) is 7.58. The van der Waals surface area contributed by atoms with E-state index in [0.717, 1.165) is 26.1 Å². The van der Waals surface area contributed by atoms with Crippen molar-refractivity contribution in [3.8, 4) is 12.1 Å². The van der Waals surface area contributed by atoms with Gasteiger partial charge < -0.3 is 4.90 Å². The first-order chi connectivity index (χ1) is 6.70. The molecule has 0 rings (SSSR count). The van der Waals surface area contributed by atoms with Crippen molar-refractivity contribution in [2.75, 3.05) is 19.6 Å². The predicted octanol–water partition coefficient (Wildman–Crippen LogP) is 2.16. The van der Waals surface area contributed by atoms with E-state index in [2.05, 4.69) is 30.9 Å². The standard InChI is InChI=1S/C11H19N3/c1-11(2)5-10-14(8-3-6-12)9-4-7-13/h11H,3-5,8-10H2,1-2H3. The van der Waals surface area contributed by atoms with Gasteiger partial charge in [-0.25, -0.2) is 0 Å². The van der Waals surface area contributed by atoms with Gasteiger partial charge in [0, 0.05) is 25.9 Å². The van der Waals surface area contributed by atoms with Gasteiger partial charge >= 0.3 is 0 Å². The fraction of sp³-hybridized carbons (Fsp3) is 0.818. The lowest BCUT2D eigenvalue weighted by atomic mass is 10.1. The molecule has 0 spiro atoms. The maximum Gasteiger partial charge on any atom is 0.0635 e. The zero-order chi connectivity index (χ0) is 10.8. The number of rotatable bonds is 7. The van der Waals surface area contributed by atoms with Crippen LogP contribution in [0.3, 0.4) is 0 Å². The molecule has 0 aliphatic rings. The molecule has 0 heterocycles. The Kier molecular flexibility index (Phi) is 7.89. The van der Waals surface area contributed by atoms with Gasteiger partial charge in [-0.3, -0.25) is 0 Å². The summed E-state index contributed by atoms with van der Waals surface area (Å²) in [5, 5.41) is 17.0. The second kappa shape index (κ2) is 8.53. The van der Waals surface area contributed by atoms with Crippen LogP contribution in [0.5, 0.6) is 0 Å². The van der Waals surface area contributed by atoms with Crippen molar-refractivity contribution in [3.05, 3.63) is 0 Å². The van der Waals surface area contributed by atoms with E-state index in [1.165, 1.54) is 0 Å². The molecule has 78 valence electrons. The van der Waals surface area contributed by atoms with Crippen LogP contribution in [0.4, 0.5) is 0 Å². The van der Waals surface area contributed by atoms with E-state index in [0.29, 0.717) is 18.8 Å². The van der Waals surface area contributed by atoms with Gasteiger partial charge in [0.15, 0.2) is 0 Å².